The molecule has 0 spiro atoms. The summed E-state index contributed by atoms with van der Waals surface area (Å²) in [6.45, 7) is 6.58. The molecular formula is C60H106O6. The van der Waals surface area contributed by atoms with Gasteiger partial charge >= 0.3 is 17.9 Å². The van der Waals surface area contributed by atoms with Gasteiger partial charge in [0.25, 0.3) is 0 Å². The average Bonchev–Trinajstić information content (AvgIpc) is 3.31. The van der Waals surface area contributed by atoms with Gasteiger partial charge in [0.05, 0.1) is 0 Å². The molecule has 0 N–H and O–H groups in total. The summed E-state index contributed by atoms with van der Waals surface area (Å²) in [7, 11) is 0. The summed E-state index contributed by atoms with van der Waals surface area (Å²) in [4.78, 5) is 38.1. The van der Waals surface area contributed by atoms with Crippen LogP contribution in [0.2, 0.25) is 0 Å². The minimum Gasteiger partial charge on any atom is -0.462 e. The first-order valence-electron chi connectivity index (χ1n) is 28.3. The second kappa shape index (κ2) is 54.7. The van der Waals surface area contributed by atoms with Gasteiger partial charge in [-0.1, -0.05) is 242 Å². The number of carbonyl (C=O) groups excluding carboxylic acids is 3. The van der Waals surface area contributed by atoms with Crippen molar-refractivity contribution in [2.24, 2.45) is 0 Å². The normalized spacial score (nSPS) is 12.5. The van der Waals surface area contributed by atoms with Crippen LogP contribution in [0.4, 0.5) is 0 Å². The Morgan fingerprint density at radius 2 is 0.561 bits per heavy atom. The van der Waals surface area contributed by atoms with Crippen LogP contribution in [0, 0.1) is 0 Å². The number of unbranched alkanes of at least 4 members (excludes halogenated alkanes) is 30. The molecule has 0 saturated carbocycles. The van der Waals surface area contributed by atoms with Crippen LogP contribution in [0.15, 0.2) is 60.8 Å². The Kier molecular flexibility index (Phi) is 52.3. The molecule has 0 rings (SSSR count). The van der Waals surface area contributed by atoms with E-state index in [1.54, 1.807) is 0 Å². The topological polar surface area (TPSA) is 78.9 Å². The third-order valence-corrected chi connectivity index (χ3v) is 12.2. The maximum absolute atomic E-state index is 12.8. The highest BCUT2D eigenvalue weighted by Crippen LogP contribution is 2.15. The number of carbonyl (C=O) groups is 3. The lowest BCUT2D eigenvalue weighted by Crippen LogP contribution is -2.30. The minimum atomic E-state index is -0.794. The van der Waals surface area contributed by atoms with E-state index in [9.17, 15) is 14.4 Å². The van der Waals surface area contributed by atoms with Crippen LogP contribution in [-0.4, -0.2) is 37.2 Å². The Balaban J connectivity index is 4.40. The summed E-state index contributed by atoms with van der Waals surface area (Å²) in [5.74, 6) is -0.941. The molecule has 66 heavy (non-hydrogen) atoms. The molecule has 0 aliphatic carbocycles. The molecular weight excluding hydrogens is 817 g/mol. The van der Waals surface area contributed by atoms with Crippen LogP contribution in [0.1, 0.15) is 284 Å². The fraction of sp³-hybridized carbons (Fsp3) is 0.783. The summed E-state index contributed by atoms with van der Waals surface area (Å²) < 4.78 is 16.8. The minimum absolute atomic E-state index is 0.0898. The lowest BCUT2D eigenvalue weighted by molar-refractivity contribution is -0.167. The largest absolute Gasteiger partial charge is 0.462 e. The van der Waals surface area contributed by atoms with Gasteiger partial charge in [-0.3, -0.25) is 14.4 Å². The SMILES string of the molecule is CCCCC/C=C\C/C=C\C/C=C\C/C=C\CCCC(=O)OC[C@H](COC(=O)CCCCCCCCCCC/C=C\CCCCCCCC)OC(=O)CCCCCCCCCCCCCC. The second-order valence-electron chi connectivity index (χ2n) is 18.8. The Bertz CT molecular complexity index is 1200. The van der Waals surface area contributed by atoms with Crippen molar-refractivity contribution < 1.29 is 28.6 Å². The molecule has 0 saturated heterocycles. The van der Waals surface area contributed by atoms with Crippen LogP contribution >= 0.6 is 0 Å². The van der Waals surface area contributed by atoms with E-state index < -0.39 is 6.10 Å². The number of esters is 3. The monoisotopic (exact) mass is 923 g/mol. The number of hydrogen-bond acceptors (Lipinski definition) is 6. The molecule has 1 atom stereocenters. The molecule has 0 aromatic carbocycles. The standard InChI is InChI=1S/C60H106O6/c1-4-7-10-13-16-19-22-25-27-29-30-32-34-36-39-41-44-47-50-53-59(62)65-56-57(66-60(63)54-51-48-45-42-37-24-21-18-15-12-9-6-3)55-64-58(61)52-49-46-43-40-38-35-33-31-28-26-23-20-17-14-11-8-5-2/h17,20,25-28,33,35,40,43,57H,4-16,18-19,21-24,29-32,34,36-39,41-42,44-56H2,1-3H3/b20-17-,27-25-,28-26-,35-33-,43-40-/t57-/m1/s1. The lowest BCUT2D eigenvalue weighted by atomic mass is 10.0. The van der Waals surface area contributed by atoms with E-state index in [4.69, 9.17) is 14.2 Å². The highest BCUT2D eigenvalue weighted by atomic mass is 16.6. The molecule has 0 heterocycles. The van der Waals surface area contributed by atoms with Gasteiger partial charge in [-0.15, -0.1) is 0 Å². The number of rotatable bonds is 51. The molecule has 6 heteroatoms. The van der Waals surface area contributed by atoms with Gasteiger partial charge in [0, 0.05) is 19.3 Å². The molecule has 382 valence electrons. The lowest BCUT2D eigenvalue weighted by Gasteiger charge is -2.18. The van der Waals surface area contributed by atoms with Gasteiger partial charge in [0.1, 0.15) is 13.2 Å². The predicted molar refractivity (Wildman–Crippen MR) is 284 cm³/mol. The molecule has 0 radical (unpaired) electrons. The maximum Gasteiger partial charge on any atom is 0.306 e. The van der Waals surface area contributed by atoms with Crippen molar-refractivity contribution in [2.75, 3.05) is 13.2 Å². The Hall–Kier alpha value is -2.89. The van der Waals surface area contributed by atoms with Crippen molar-refractivity contribution in [1.29, 1.82) is 0 Å². The fourth-order valence-electron chi connectivity index (χ4n) is 7.96. The second-order valence-corrected chi connectivity index (χ2v) is 18.8. The van der Waals surface area contributed by atoms with Crippen LogP contribution in [0.25, 0.3) is 0 Å². The molecule has 0 aliphatic heterocycles. The van der Waals surface area contributed by atoms with E-state index in [2.05, 4.69) is 81.5 Å². The highest BCUT2D eigenvalue weighted by molar-refractivity contribution is 5.71. The average molecular weight is 924 g/mol. The molecule has 0 aromatic rings. The third kappa shape index (κ3) is 52.1. The van der Waals surface area contributed by atoms with Crippen LogP contribution in [0.3, 0.4) is 0 Å². The van der Waals surface area contributed by atoms with Crippen molar-refractivity contribution in [1.82, 2.24) is 0 Å². The summed E-state index contributed by atoms with van der Waals surface area (Å²) in [5, 5.41) is 0. The quantitative estimate of drug-likeness (QED) is 0.0262. The van der Waals surface area contributed by atoms with E-state index >= 15 is 0 Å². The van der Waals surface area contributed by atoms with Gasteiger partial charge in [-0.2, -0.15) is 0 Å². The van der Waals surface area contributed by atoms with Crippen LogP contribution in [-0.2, 0) is 28.6 Å². The summed E-state index contributed by atoms with van der Waals surface area (Å²) >= 11 is 0. The zero-order valence-electron chi connectivity index (χ0n) is 43.7. The predicted octanol–water partition coefficient (Wildman–Crippen LogP) is 18.8. The maximum atomic E-state index is 12.8. The first-order valence-corrected chi connectivity index (χ1v) is 28.3. The highest BCUT2D eigenvalue weighted by Gasteiger charge is 2.19. The molecule has 6 nitrogen and oxygen atoms in total. The fourth-order valence-corrected chi connectivity index (χ4v) is 7.96. The molecule has 0 unspecified atom stereocenters. The van der Waals surface area contributed by atoms with Crippen molar-refractivity contribution in [3.05, 3.63) is 60.8 Å². The first-order chi connectivity index (χ1) is 32.5. The Morgan fingerprint density at radius 3 is 0.955 bits per heavy atom. The van der Waals surface area contributed by atoms with Crippen LogP contribution < -0.4 is 0 Å². The number of hydrogen-bond donors (Lipinski definition) is 0. The number of allylic oxidation sites excluding steroid dienone is 10. The molecule has 0 aromatic heterocycles. The van der Waals surface area contributed by atoms with Crippen molar-refractivity contribution >= 4 is 17.9 Å². The zero-order chi connectivity index (χ0) is 47.9. The molecule has 0 aliphatic rings. The zero-order valence-corrected chi connectivity index (χ0v) is 43.7. The summed E-state index contributed by atoms with van der Waals surface area (Å²) in [5.41, 5.74) is 0. The van der Waals surface area contributed by atoms with Crippen molar-refractivity contribution in [3.63, 3.8) is 0 Å². The van der Waals surface area contributed by atoms with E-state index in [1.165, 1.54) is 173 Å². The van der Waals surface area contributed by atoms with Crippen LogP contribution in [0.5, 0.6) is 0 Å². The van der Waals surface area contributed by atoms with E-state index in [0.29, 0.717) is 19.3 Å². The molecule has 0 fully saturated rings. The van der Waals surface area contributed by atoms with Gasteiger partial charge in [-0.05, 0) is 83.5 Å². The first kappa shape index (κ1) is 63.1. The summed E-state index contributed by atoms with van der Waals surface area (Å²) in [6.07, 6.45) is 67.8. The van der Waals surface area contributed by atoms with E-state index in [1.807, 2.05) is 0 Å². The Labute approximate surface area is 409 Å². The van der Waals surface area contributed by atoms with Gasteiger partial charge in [0.2, 0.25) is 0 Å². The molecule has 0 bridgehead atoms. The third-order valence-electron chi connectivity index (χ3n) is 12.2. The van der Waals surface area contributed by atoms with Gasteiger partial charge < -0.3 is 14.2 Å². The Morgan fingerprint density at radius 1 is 0.303 bits per heavy atom. The number of ether oxygens (including phenoxy) is 3. The van der Waals surface area contributed by atoms with E-state index in [0.717, 1.165) is 64.2 Å². The van der Waals surface area contributed by atoms with Gasteiger partial charge in [0.15, 0.2) is 6.10 Å². The molecule has 0 amide bonds. The van der Waals surface area contributed by atoms with Crippen molar-refractivity contribution in [3.8, 4) is 0 Å². The summed E-state index contributed by atoms with van der Waals surface area (Å²) in [6, 6.07) is 0. The van der Waals surface area contributed by atoms with Gasteiger partial charge in [-0.25, -0.2) is 0 Å². The smallest absolute Gasteiger partial charge is 0.306 e. The van der Waals surface area contributed by atoms with Crippen molar-refractivity contribution in [2.45, 2.75) is 290 Å². The van der Waals surface area contributed by atoms with E-state index in [-0.39, 0.29) is 37.5 Å².